The molecule has 0 amide bonds. The molecule has 0 radical (unpaired) electrons. The van der Waals surface area contributed by atoms with Crippen molar-refractivity contribution in [1.29, 1.82) is 0 Å². The molecule has 0 fully saturated rings. The van der Waals surface area contributed by atoms with Gasteiger partial charge in [-0.05, 0) is 53.4 Å². The zero-order valence-electron chi connectivity index (χ0n) is 11.9. The molecule has 0 bridgehead atoms. The van der Waals surface area contributed by atoms with Crippen molar-refractivity contribution in [3.63, 3.8) is 0 Å². The van der Waals surface area contributed by atoms with Crippen molar-refractivity contribution in [3.8, 4) is 0 Å². The molecule has 0 aliphatic carbocycles. The lowest BCUT2D eigenvalue weighted by Gasteiger charge is -2.17. The van der Waals surface area contributed by atoms with E-state index in [-0.39, 0.29) is 0 Å². The van der Waals surface area contributed by atoms with Crippen LogP contribution in [0.4, 0.5) is 0 Å². The average molecular weight is 234 g/mol. The maximum absolute atomic E-state index is 3.58. The minimum atomic E-state index is 0.568. The summed E-state index contributed by atoms with van der Waals surface area (Å²) in [4.78, 5) is 2.23. The molecule has 0 aliphatic rings. The van der Waals surface area contributed by atoms with Crippen LogP contribution in [0.5, 0.6) is 0 Å². The SMILES string of the molecule is Cc1cc(C)cc(CNC(C)CCN(C)C)c1. The van der Waals surface area contributed by atoms with E-state index in [1.165, 1.54) is 23.1 Å². The van der Waals surface area contributed by atoms with E-state index in [1.807, 2.05) is 0 Å². The Morgan fingerprint density at radius 2 is 1.71 bits per heavy atom. The second-order valence-electron chi connectivity index (χ2n) is 5.37. The minimum Gasteiger partial charge on any atom is -0.310 e. The summed E-state index contributed by atoms with van der Waals surface area (Å²) in [5.74, 6) is 0. The summed E-state index contributed by atoms with van der Waals surface area (Å²) in [5.41, 5.74) is 4.09. The Balaban J connectivity index is 2.39. The zero-order chi connectivity index (χ0) is 12.8. The largest absolute Gasteiger partial charge is 0.310 e. The second-order valence-corrected chi connectivity index (χ2v) is 5.37. The summed E-state index contributed by atoms with van der Waals surface area (Å²) in [6.45, 7) is 8.68. The molecule has 1 aromatic rings. The fraction of sp³-hybridized carbons (Fsp3) is 0.600. The van der Waals surface area contributed by atoms with Gasteiger partial charge in [-0.3, -0.25) is 0 Å². The number of benzene rings is 1. The van der Waals surface area contributed by atoms with Crippen LogP contribution < -0.4 is 5.32 Å². The molecule has 2 nitrogen and oxygen atoms in total. The van der Waals surface area contributed by atoms with Gasteiger partial charge in [0.05, 0.1) is 0 Å². The van der Waals surface area contributed by atoms with Gasteiger partial charge in [-0.15, -0.1) is 0 Å². The molecule has 0 spiro atoms. The van der Waals surface area contributed by atoms with E-state index in [9.17, 15) is 0 Å². The summed E-state index contributed by atoms with van der Waals surface area (Å²) in [7, 11) is 4.24. The molecule has 1 unspecified atom stereocenters. The number of nitrogens with zero attached hydrogens (tertiary/aromatic N) is 1. The molecule has 1 atom stereocenters. The second kappa shape index (κ2) is 6.77. The summed E-state index contributed by atoms with van der Waals surface area (Å²) in [6.07, 6.45) is 1.19. The number of hydrogen-bond acceptors (Lipinski definition) is 2. The van der Waals surface area contributed by atoms with Crippen molar-refractivity contribution in [3.05, 3.63) is 34.9 Å². The molecule has 0 aliphatic heterocycles. The van der Waals surface area contributed by atoms with Crippen LogP contribution in [0.2, 0.25) is 0 Å². The van der Waals surface area contributed by atoms with Crippen molar-refractivity contribution in [2.24, 2.45) is 0 Å². The van der Waals surface area contributed by atoms with Gasteiger partial charge in [0.1, 0.15) is 0 Å². The van der Waals surface area contributed by atoms with Crippen molar-refractivity contribution in [2.75, 3.05) is 20.6 Å². The van der Waals surface area contributed by atoms with Gasteiger partial charge < -0.3 is 10.2 Å². The van der Waals surface area contributed by atoms with Crippen LogP contribution in [0.15, 0.2) is 18.2 Å². The Labute approximate surface area is 106 Å². The van der Waals surface area contributed by atoms with Gasteiger partial charge in [0, 0.05) is 12.6 Å². The number of aryl methyl sites for hydroxylation is 2. The Morgan fingerprint density at radius 1 is 1.12 bits per heavy atom. The third kappa shape index (κ3) is 5.85. The molecule has 2 heteroatoms. The van der Waals surface area contributed by atoms with Crippen molar-refractivity contribution in [1.82, 2.24) is 10.2 Å². The Kier molecular flexibility index (Phi) is 5.66. The fourth-order valence-corrected chi connectivity index (χ4v) is 2.02. The predicted octanol–water partition coefficient (Wildman–Crippen LogP) is 2.73. The Hall–Kier alpha value is -0.860. The molecular formula is C15H26N2. The highest BCUT2D eigenvalue weighted by Gasteiger charge is 2.03. The molecule has 0 saturated carbocycles. The monoisotopic (exact) mass is 234 g/mol. The number of hydrogen-bond donors (Lipinski definition) is 1. The molecule has 0 saturated heterocycles. The lowest BCUT2D eigenvalue weighted by Crippen LogP contribution is -2.29. The van der Waals surface area contributed by atoms with Gasteiger partial charge >= 0.3 is 0 Å². The maximum Gasteiger partial charge on any atom is 0.0208 e. The third-order valence-corrected chi connectivity index (χ3v) is 2.95. The number of rotatable bonds is 6. The first-order valence-corrected chi connectivity index (χ1v) is 6.42. The van der Waals surface area contributed by atoms with Crippen LogP contribution in [0.1, 0.15) is 30.0 Å². The molecule has 0 aromatic heterocycles. The summed E-state index contributed by atoms with van der Waals surface area (Å²) >= 11 is 0. The maximum atomic E-state index is 3.58. The van der Waals surface area contributed by atoms with E-state index in [4.69, 9.17) is 0 Å². The van der Waals surface area contributed by atoms with Crippen molar-refractivity contribution in [2.45, 2.75) is 39.8 Å². The molecule has 1 rings (SSSR count). The first-order chi connectivity index (χ1) is 7.97. The highest BCUT2D eigenvalue weighted by atomic mass is 15.1. The van der Waals surface area contributed by atoms with Crippen LogP contribution in [-0.4, -0.2) is 31.6 Å². The van der Waals surface area contributed by atoms with E-state index < -0.39 is 0 Å². The van der Waals surface area contributed by atoms with E-state index in [0.717, 1.165) is 13.1 Å². The van der Waals surface area contributed by atoms with Crippen LogP contribution in [0.25, 0.3) is 0 Å². The number of nitrogens with one attached hydrogen (secondary N) is 1. The normalized spacial score (nSPS) is 13.1. The van der Waals surface area contributed by atoms with Crippen LogP contribution >= 0.6 is 0 Å². The van der Waals surface area contributed by atoms with Gasteiger partial charge in [0.15, 0.2) is 0 Å². The molecular weight excluding hydrogens is 208 g/mol. The standard InChI is InChI=1S/C15H26N2/c1-12-8-13(2)10-15(9-12)11-16-14(3)6-7-17(4)5/h8-10,14,16H,6-7,11H2,1-5H3. The Bertz CT molecular complexity index is 325. The molecule has 17 heavy (non-hydrogen) atoms. The van der Waals surface area contributed by atoms with Gasteiger partial charge in [-0.2, -0.15) is 0 Å². The average Bonchev–Trinajstić information content (AvgIpc) is 2.22. The first kappa shape index (κ1) is 14.2. The quantitative estimate of drug-likeness (QED) is 0.814. The molecule has 1 N–H and O–H groups in total. The third-order valence-electron chi connectivity index (χ3n) is 2.95. The van der Waals surface area contributed by atoms with Gasteiger partial charge in [-0.1, -0.05) is 29.3 Å². The smallest absolute Gasteiger partial charge is 0.0208 e. The van der Waals surface area contributed by atoms with E-state index >= 15 is 0 Å². The summed E-state index contributed by atoms with van der Waals surface area (Å²) < 4.78 is 0. The summed E-state index contributed by atoms with van der Waals surface area (Å²) in [6, 6.07) is 7.31. The molecule has 1 aromatic carbocycles. The minimum absolute atomic E-state index is 0.568. The lowest BCUT2D eigenvalue weighted by molar-refractivity contribution is 0.365. The highest BCUT2D eigenvalue weighted by molar-refractivity contribution is 5.28. The predicted molar refractivity (Wildman–Crippen MR) is 75.4 cm³/mol. The Morgan fingerprint density at radius 3 is 2.24 bits per heavy atom. The van der Waals surface area contributed by atoms with Gasteiger partial charge in [0.25, 0.3) is 0 Å². The van der Waals surface area contributed by atoms with E-state index in [1.54, 1.807) is 0 Å². The van der Waals surface area contributed by atoms with Crippen molar-refractivity contribution < 1.29 is 0 Å². The first-order valence-electron chi connectivity index (χ1n) is 6.42. The van der Waals surface area contributed by atoms with E-state index in [0.29, 0.717) is 6.04 Å². The molecule has 96 valence electrons. The van der Waals surface area contributed by atoms with Crippen molar-refractivity contribution >= 4 is 0 Å². The van der Waals surface area contributed by atoms with Crippen LogP contribution in [0.3, 0.4) is 0 Å². The highest BCUT2D eigenvalue weighted by Crippen LogP contribution is 2.09. The molecule has 0 heterocycles. The topological polar surface area (TPSA) is 15.3 Å². The van der Waals surface area contributed by atoms with Crippen LogP contribution in [0, 0.1) is 13.8 Å². The zero-order valence-corrected chi connectivity index (χ0v) is 11.9. The summed E-state index contributed by atoms with van der Waals surface area (Å²) in [5, 5.41) is 3.58. The fourth-order valence-electron chi connectivity index (χ4n) is 2.02. The van der Waals surface area contributed by atoms with Gasteiger partial charge in [-0.25, -0.2) is 0 Å². The van der Waals surface area contributed by atoms with Gasteiger partial charge in [0.2, 0.25) is 0 Å². The lowest BCUT2D eigenvalue weighted by atomic mass is 10.1. The van der Waals surface area contributed by atoms with E-state index in [2.05, 4.69) is 63.3 Å². The van der Waals surface area contributed by atoms with Crippen LogP contribution in [-0.2, 0) is 6.54 Å².